The fourth-order valence-corrected chi connectivity index (χ4v) is 6.46. The number of nitrogens with zero attached hydrogens (tertiary/aromatic N) is 3. The number of carbonyl (C=O) groups is 1. The molecule has 174 valence electrons. The molecule has 8 nitrogen and oxygen atoms in total. The normalized spacial score (nSPS) is 19.7. The number of hydrogen-bond acceptors (Lipinski definition) is 7. The van der Waals surface area contributed by atoms with E-state index in [2.05, 4.69) is 4.98 Å². The van der Waals surface area contributed by atoms with Crippen LogP contribution in [0.3, 0.4) is 0 Å². The van der Waals surface area contributed by atoms with E-state index < -0.39 is 10.0 Å². The van der Waals surface area contributed by atoms with Crippen molar-refractivity contribution < 1.29 is 22.7 Å². The van der Waals surface area contributed by atoms with E-state index in [9.17, 15) is 13.2 Å². The second-order valence-electron chi connectivity index (χ2n) is 8.06. The van der Waals surface area contributed by atoms with Gasteiger partial charge in [-0.1, -0.05) is 23.5 Å². The van der Waals surface area contributed by atoms with Crippen molar-refractivity contribution in [2.75, 3.05) is 44.4 Å². The van der Waals surface area contributed by atoms with Crippen LogP contribution in [-0.2, 0) is 19.5 Å². The maximum absolute atomic E-state index is 13.5. The topological polar surface area (TPSA) is 89.0 Å². The van der Waals surface area contributed by atoms with Gasteiger partial charge in [0.15, 0.2) is 5.13 Å². The number of benzene rings is 2. The molecule has 5 rings (SSSR count). The van der Waals surface area contributed by atoms with Crippen LogP contribution in [0.25, 0.3) is 10.2 Å². The van der Waals surface area contributed by atoms with E-state index in [1.54, 1.807) is 17.0 Å². The molecule has 33 heavy (non-hydrogen) atoms. The highest BCUT2D eigenvalue weighted by Gasteiger charge is 2.29. The van der Waals surface area contributed by atoms with Crippen LogP contribution in [0, 0.1) is 0 Å². The highest BCUT2D eigenvalue weighted by molar-refractivity contribution is 7.89. The van der Waals surface area contributed by atoms with Gasteiger partial charge in [0.1, 0.15) is 0 Å². The van der Waals surface area contributed by atoms with Gasteiger partial charge in [0.2, 0.25) is 10.0 Å². The van der Waals surface area contributed by atoms with E-state index >= 15 is 0 Å². The summed E-state index contributed by atoms with van der Waals surface area (Å²) in [5.74, 6) is -0.222. The number of morpholine rings is 1. The highest BCUT2D eigenvalue weighted by atomic mass is 32.2. The first kappa shape index (κ1) is 22.4. The van der Waals surface area contributed by atoms with Crippen molar-refractivity contribution in [2.45, 2.75) is 23.8 Å². The van der Waals surface area contributed by atoms with Gasteiger partial charge in [-0.3, -0.25) is 9.69 Å². The molecule has 1 aromatic heterocycles. The van der Waals surface area contributed by atoms with Crippen LogP contribution in [0.5, 0.6) is 0 Å². The van der Waals surface area contributed by atoms with Crippen molar-refractivity contribution in [3.8, 4) is 0 Å². The molecule has 2 saturated heterocycles. The van der Waals surface area contributed by atoms with Crippen LogP contribution >= 0.6 is 11.3 Å². The Morgan fingerprint density at radius 1 is 1.09 bits per heavy atom. The Kier molecular flexibility index (Phi) is 6.44. The standard InChI is InChI=1S/C23H25N3O5S2/c27-22(17-7-9-19(10-8-17)33(28,29)25-11-14-30-15-12-25)26(16-18-4-3-13-31-18)23-24-20-5-1-2-6-21(20)32-23/h1-2,5-10,18H,3-4,11-16H2. The third-order valence-corrected chi connectivity index (χ3v) is 8.85. The Balaban J connectivity index is 1.42. The molecule has 3 heterocycles. The molecule has 0 N–H and O–H groups in total. The lowest BCUT2D eigenvalue weighted by Gasteiger charge is -2.26. The zero-order valence-electron chi connectivity index (χ0n) is 18.1. The Morgan fingerprint density at radius 2 is 1.85 bits per heavy atom. The molecule has 1 atom stereocenters. The number of fused-ring (bicyclic) bond motifs is 1. The van der Waals surface area contributed by atoms with Crippen molar-refractivity contribution in [1.82, 2.24) is 9.29 Å². The van der Waals surface area contributed by atoms with Crippen molar-refractivity contribution >= 4 is 42.6 Å². The van der Waals surface area contributed by atoms with E-state index in [4.69, 9.17) is 9.47 Å². The maximum atomic E-state index is 13.5. The number of carbonyl (C=O) groups excluding carboxylic acids is 1. The van der Waals surface area contributed by atoms with Gasteiger partial charge in [-0.05, 0) is 49.2 Å². The van der Waals surface area contributed by atoms with Crippen LogP contribution < -0.4 is 4.90 Å². The molecule has 0 spiro atoms. The first-order valence-corrected chi connectivity index (χ1v) is 13.2. The minimum Gasteiger partial charge on any atom is -0.379 e. The van der Waals surface area contributed by atoms with E-state index in [1.807, 2.05) is 24.3 Å². The largest absolute Gasteiger partial charge is 0.379 e. The summed E-state index contributed by atoms with van der Waals surface area (Å²) >= 11 is 1.46. The summed E-state index contributed by atoms with van der Waals surface area (Å²) < 4.78 is 39.3. The van der Waals surface area contributed by atoms with Crippen molar-refractivity contribution in [3.63, 3.8) is 0 Å². The second-order valence-corrected chi connectivity index (χ2v) is 11.0. The molecular weight excluding hydrogens is 462 g/mol. The highest BCUT2D eigenvalue weighted by Crippen LogP contribution is 2.31. The summed E-state index contributed by atoms with van der Waals surface area (Å²) in [7, 11) is -3.61. The molecule has 0 saturated carbocycles. The lowest BCUT2D eigenvalue weighted by atomic mass is 10.2. The maximum Gasteiger partial charge on any atom is 0.260 e. The fraction of sp³-hybridized carbons (Fsp3) is 0.391. The molecule has 0 bridgehead atoms. The molecule has 10 heteroatoms. The van der Waals surface area contributed by atoms with Crippen LogP contribution in [0.2, 0.25) is 0 Å². The summed E-state index contributed by atoms with van der Waals surface area (Å²) in [6, 6.07) is 13.9. The molecule has 2 aliphatic rings. The van der Waals surface area contributed by atoms with Gasteiger partial charge in [0.05, 0.1) is 41.0 Å². The number of aromatic nitrogens is 1. The average molecular weight is 488 g/mol. The third-order valence-electron chi connectivity index (χ3n) is 5.88. The molecule has 2 aromatic carbocycles. The minimum atomic E-state index is -3.61. The zero-order chi connectivity index (χ0) is 22.8. The smallest absolute Gasteiger partial charge is 0.260 e. The molecule has 2 aliphatic heterocycles. The first-order chi connectivity index (χ1) is 16.0. The molecule has 3 aromatic rings. The van der Waals surface area contributed by atoms with Gasteiger partial charge in [-0.2, -0.15) is 4.31 Å². The van der Waals surface area contributed by atoms with Crippen molar-refractivity contribution in [3.05, 3.63) is 54.1 Å². The van der Waals surface area contributed by atoms with Gasteiger partial charge in [-0.15, -0.1) is 0 Å². The predicted octanol–water partition coefficient (Wildman–Crippen LogP) is 3.14. The molecular formula is C23H25N3O5S2. The average Bonchev–Trinajstić information content (AvgIpc) is 3.52. The van der Waals surface area contributed by atoms with E-state index in [0.29, 0.717) is 50.1 Å². The lowest BCUT2D eigenvalue weighted by Crippen LogP contribution is -2.40. The van der Waals surface area contributed by atoms with Crippen LogP contribution in [0.15, 0.2) is 53.4 Å². The summed E-state index contributed by atoms with van der Waals surface area (Å²) in [6.45, 7) is 2.53. The van der Waals surface area contributed by atoms with E-state index in [-0.39, 0.29) is 16.9 Å². The fourth-order valence-electron chi connectivity index (χ4n) is 4.08. The van der Waals surface area contributed by atoms with Gasteiger partial charge < -0.3 is 9.47 Å². The number of para-hydroxylation sites is 1. The van der Waals surface area contributed by atoms with Gasteiger partial charge in [-0.25, -0.2) is 13.4 Å². The van der Waals surface area contributed by atoms with Gasteiger partial charge >= 0.3 is 0 Å². The van der Waals surface area contributed by atoms with E-state index in [1.165, 1.54) is 27.8 Å². The Bertz CT molecular complexity index is 1200. The number of ether oxygens (including phenoxy) is 2. The van der Waals surface area contributed by atoms with E-state index in [0.717, 1.165) is 23.1 Å². The number of anilines is 1. The molecule has 1 unspecified atom stereocenters. The molecule has 2 fully saturated rings. The number of sulfonamides is 1. The molecule has 1 amide bonds. The second kappa shape index (κ2) is 9.47. The van der Waals surface area contributed by atoms with Crippen LogP contribution in [0.1, 0.15) is 23.2 Å². The minimum absolute atomic E-state index is 0.0399. The summed E-state index contributed by atoms with van der Waals surface area (Å²) in [4.78, 5) is 20.0. The van der Waals surface area contributed by atoms with Crippen LogP contribution in [0.4, 0.5) is 5.13 Å². The molecule has 0 radical (unpaired) electrons. The zero-order valence-corrected chi connectivity index (χ0v) is 19.7. The Labute approximate surface area is 196 Å². The number of thiazole rings is 1. The number of rotatable bonds is 6. The monoisotopic (exact) mass is 487 g/mol. The summed E-state index contributed by atoms with van der Waals surface area (Å²) in [5, 5.41) is 0.613. The Hall–Kier alpha value is -2.37. The number of amides is 1. The van der Waals surface area contributed by atoms with Crippen LogP contribution in [-0.4, -0.2) is 69.2 Å². The van der Waals surface area contributed by atoms with Crippen molar-refractivity contribution in [2.24, 2.45) is 0 Å². The van der Waals surface area contributed by atoms with Crippen molar-refractivity contribution in [1.29, 1.82) is 0 Å². The van der Waals surface area contributed by atoms with Gasteiger partial charge in [0.25, 0.3) is 5.91 Å². The summed E-state index contributed by atoms with van der Waals surface area (Å²) in [6.07, 6.45) is 1.83. The predicted molar refractivity (Wildman–Crippen MR) is 126 cm³/mol. The summed E-state index contributed by atoms with van der Waals surface area (Å²) in [5.41, 5.74) is 1.25. The SMILES string of the molecule is O=C(c1ccc(S(=O)(=O)N2CCOCC2)cc1)N(CC1CCCO1)c1nc2ccccc2s1. The number of hydrogen-bond donors (Lipinski definition) is 0. The third kappa shape index (κ3) is 4.67. The molecule has 0 aliphatic carbocycles. The first-order valence-electron chi connectivity index (χ1n) is 11.0. The lowest BCUT2D eigenvalue weighted by molar-refractivity contribution is 0.0730. The quantitative estimate of drug-likeness (QED) is 0.531. The Morgan fingerprint density at radius 3 is 2.55 bits per heavy atom. The van der Waals surface area contributed by atoms with Gasteiger partial charge in [0, 0.05) is 25.3 Å².